The minimum atomic E-state index is -0.192. The lowest BCUT2D eigenvalue weighted by atomic mass is 10.1. The highest BCUT2D eigenvalue weighted by atomic mass is 35.5. The zero-order valence-corrected chi connectivity index (χ0v) is 10.6. The smallest absolute Gasteiger partial charge is 0.126 e. The Hall–Kier alpha value is -0.930. The van der Waals surface area contributed by atoms with Gasteiger partial charge in [-0.1, -0.05) is 0 Å². The largest absolute Gasteiger partial charge is 0.241 e. The Kier molecular flexibility index (Phi) is 3.26. The van der Waals surface area contributed by atoms with Crippen LogP contribution in [0.4, 0.5) is 4.39 Å². The monoisotopic (exact) mass is 255 g/mol. The standard InChI is InChI=1S/C12H11ClFNS/c1-7-5-9(3-4-10(7)14)12-11(6-13)16-8(2)15-12/h3-5H,6H2,1-2H3. The van der Waals surface area contributed by atoms with Crippen molar-refractivity contribution in [1.29, 1.82) is 0 Å². The van der Waals surface area contributed by atoms with Gasteiger partial charge in [-0.25, -0.2) is 9.37 Å². The summed E-state index contributed by atoms with van der Waals surface area (Å²) in [5.74, 6) is 0.250. The third-order valence-electron chi connectivity index (χ3n) is 2.36. The molecular formula is C12H11ClFNS. The lowest BCUT2D eigenvalue weighted by molar-refractivity contribution is 0.619. The number of aromatic nitrogens is 1. The summed E-state index contributed by atoms with van der Waals surface area (Å²) in [5.41, 5.74) is 2.43. The average molecular weight is 256 g/mol. The van der Waals surface area contributed by atoms with E-state index in [2.05, 4.69) is 4.98 Å². The molecule has 0 amide bonds. The molecule has 0 bridgehead atoms. The van der Waals surface area contributed by atoms with Crippen LogP contribution in [0.1, 0.15) is 15.4 Å². The van der Waals surface area contributed by atoms with E-state index in [0.29, 0.717) is 11.4 Å². The number of benzene rings is 1. The topological polar surface area (TPSA) is 12.9 Å². The number of hydrogen-bond acceptors (Lipinski definition) is 2. The summed E-state index contributed by atoms with van der Waals surface area (Å²) in [6.45, 7) is 3.69. The molecule has 0 aliphatic carbocycles. The van der Waals surface area contributed by atoms with Gasteiger partial charge in [0.25, 0.3) is 0 Å². The van der Waals surface area contributed by atoms with E-state index in [4.69, 9.17) is 11.6 Å². The SMILES string of the molecule is Cc1nc(-c2ccc(F)c(C)c2)c(CCl)s1. The Morgan fingerprint density at radius 2 is 2.12 bits per heavy atom. The Morgan fingerprint density at radius 1 is 1.38 bits per heavy atom. The number of halogens is 2. The predicted molar refractivity (Wildman–Crippen MR) is 66.5 cm³/mol. The number of nitrogens with zero attached hydrogens (tertiary/aromatic N) is 1. The number of hydrogen-bond donors (Lipinski definition) is 0. The van der Waals surface area contributed by atoms with Gasteiger partial charge in [-0.05, 0) is 37.6 Å². The summed E-state index contributed by atoms with van der Waals surface area (Å²) in [7, 11) is 0. The Labute approximate surface area is 103 Å². The first-order valence-corrected chi connectivity index (χ1v) is 6.25. The van der Waals surface area contributed by atoms with Crippen molar-refractivity contribution >= 4 is 22.9 Å². The van der Waals surface area contributed by atoms with E-state index in [1.54, 1.807) is 30.4 Å². The summed E-state index contributed by atoms with van der Waals surface area (Å²) in [4.78, 5) is 5.47. The molecule has 0 unspecified atom stereocenters. The van der Waals surface area contributed by atoms with E-state index in [-0.39, 0.29) is 5.82 Å². The second kappa shape index (κ2) is 4.52. The Balaban J connectivity index is 2.53. The normalized spacial score (nSPS) is 10.8. The highest BCUT2D eigenvalue weighted by molar-refractivity contribution is 7.12. The van der Waals surface area contributed by atoms with Crippen LogP contribution < -0.4 is 0 Å². The van der Waals surface area contributed by atoms with Crippen LogP contribution in [0, 0.1) is 19.7 Å². The molecule has 0 N–H and O–H groups in total. The van der Waals surface area contributed by atoms with Gasteiger partial charge >= 0.3 is 0 Å². The van der Waals surface area contributed by atoms with Crippen LogP contribution in [0.15, 0.2) is 18.2 Å². The number of thiazole rings is 1. The molecular weight excluding hydrogens is 245 g/mol. The van der Waals surface area contributed by atoms with Gasteiger partial charge in [-0.15, -0.1) is 22.9 Å². The van der Waals surface area contributed by atoms with E-state index < -0.39 is 0 Å². The maximum absolute atomic E-state index is 13.2. The molecule has 1 aromatic carbocycles. The first-order valence-electron chi connectivity index (χ1n) is 4.90. The molecule has 0 aliphatic rings. The maximum atomic E-state index is 13.2. The summed E-state index contributed by atoms with van der Waals surface area (Å²) >= 11 is 7.45. The molecule has 0 saturated carbocycles. The lowest BCUT2D eigenvalue weighted by Crippen LogP contribution is -1.87. The van der Waals surface area contributed by atoms with Gasteiger partial charge in [0.1, 0.15) is 5.82 Å². The predicted octanol–water partition coefficient (Wildman–Crippen LogP) is 4.30. The fraction of sp³-hybridized carbons (Fsp3) is 0.250. The molecule has 0 saturated heterocycles. The van der Waals surface area contributed by atoms with Crippen LogP contribution in [0.3, 0.4) is 0 Å². The molecule has 2 rings (SSSR count). The van der Waals surface area contributed by atoms with Crippen molar-refractivity contribution in [1.82, 2.24) is 4.98 Å². The first kappa shape index (κ1) is 11.6. The van der Waals surface area contributed by atoms with Crippen LogP contribution in [0.25, 0.3) is 11.3 Å². The van der Waals surface area contributed by atoms with Gasteiger partial charge in [-0.2, -0.15) is 0 Å². The number of aryl methyl sites for hydroxylation is 2. The van der Waals surface area contributed by atoms with Crippen molar-refractivity contribution in [2.45, 2.75) is 19.7 Å². The summed E-state index contributed by atoms with van der Waals surface area (Å²) < 4.78 is 13.2. The molecule has 2 aromatic rings. The summed E-state index contributed by atoms with van der Waals surface area (Å²) in [5, 5.41) is 0.979. The van der Waals surface area contributed by atoms with Crippen LogP contribution in [0.2, 0.25) is 0 Å². The van der Waals surface area contributed by atoms with E-state index >= 15 is 0 Å². The third-order valence-corrected chi connectivity index (χ3v) is 3.75. The fourth-order valence-electron chi connectivity index (χ4n) is 1.58. The molecule has 1 nitrogen and oxygen atoms in total. The molecule has 84 valence electrons. The molecule has 1 aromatic heterocycles. The molecule has 0 atom stereocenters. The Bertz CT molecular complexity index is 522. The van der Waals surface area contributed by atoms with Gasteiger partial charge in [0.05, 0.1) is 16.6 Å². The van der Waals surface area contributed by atoms with Crippen molar-refractivity contribution in [2.24, 2.45) is 0 Å². The molecule has 1 heterocycles. The molecule has 16 heavy (non-hydrogen) atoms. The maximum Gasteiger partial charge on any atom is 0.126 e. The molecule has 4 heteroatoms. The first-order chi connectivity index (χ1) is 7.61. The minimum absolute atomic E-state index is 0.192. The van der Waals surface area contributed by atoms with Gasteiger partial charge in [0, 0.05) is 10.4 Å². The van der Waals surface area contributed by atoms with Crippen LogP contribution in [-0.4, -0.2) is 4.98 Å². The van der Waals surface area contributed by atoms with Gasteiger partial charge in [0.2, 0.25) is 0 Å². The van der Waals surface area contributed by atoms with Crippen molar-refractivity contribution < 1.29 is 4.39 Å². The number of rotatable bonds is 2. The van der Waals surface area contributed by atoms with Crippen LogP contribution >= 0.6 is 22.9 Å². The molecule has 0 spiro atoms. The van der Waals surface area contributed by atoms with Gasteiger partial charge in [-0.3, -0.25) is 0 Å². The van der Waals surface area contributed by atoms with Crippen molar-refractivity contribution in [2.75, 3.05) is 0 Å². The van der Waals surface area contributed by atoms with Crippen LogP contribution in [-0.2, 0) is 5.88 Å². The highest BCUT2D eigenvalue weighted by Gasteiger charge is 2.11. The zero-order chi connectivity index (χ0) is 11.7. The van der Waals surface area contributed by atoms with Crippen molar-refractivity contribution in [3.8, 4) is 11.3 Å². The van der Waals surface area contributed by atoms with Crippen molar-refractivity contribution in [3.63, 3.8) is 0 Å². The quantitative estimate of drug-likeness (QED) is 0.729. The minimum Gasteiger partial charge on any atom is -0.241 e. The fourth-order valence-corrected chi connectivity index (χ4v) is 2.68. The number of alkyl halides is 1. The van der Waals surface area contributed by atoms with Gasteiger partial charge in [0.15, 0.2) is 0 Å². The van der Waals surface area contributed by atoms with Crippen LogP contribution in [0.5, 0.6) is 0 Å². The molecule has 0 fully saturated rings. The summed E-state index contributed by atoms with van der Waals surface area (Å²) in [6, 6.07) is 5.02. The van der Waals surface area contributed by atoms with E-state index in [1.165, 1.54) is 6.07 Å². The lowest BCUT2D eigenvalue weighted by Gasteiger charge is -2.02. The van der Waals surface area contributed by atoms with Crippen molar-refractivity contribution in [3.05, 3.63) is 39.5 Å². The zero-order valence-electron chi connectivity index (χ0n) is 9.05. The second-order valence-corrected chi connectivity index (χ2v) is 5.16. The van der Waals surface area contributed by atoms with E-state index in [9.17, 15) is 4.39 Å². The highest BCUT2D eigenvalue weighted by Crippen LogP contribution is 2.30. The van der Waals surface area contributed by atoms with E-state index in [0.717, 1.165) is 21.1 Å². The van der Waals surface area contributed by atoms with Gasteiger partial charge < -0.3 is 0 Å². The second-order valence-electron chi connectivity index (χ2n) is 3.60. The summed E-state index contributed by atoms with van der Waals surface area (Å²) in [6.07, 6.45) is 0. The molecule has 0 aliphatic heterocycles. The Morgan fingerprint density at radius 3 is 2.75 bits per heavy atom. The average Bonchev–Trinajstić information content (AvgIpc) is 2.63. The third kappa shape index (κ3) is 2.11. The molecule has 0 radical (unpaired) electrons. The van der Waals surface area contributed by atoms with E-state index in [1.807, 2.05) is 6.92 Å².